The predicted octanol–water partition coefficient (Wildman–Crippen LogP) is 7.30. The lowest BCUT2D eigenvalue weighted by molar-refractivity contribution is -0.114. The van der Waals surface area contributed by atoms with Gasteiger partial charge in [-0.3, -0.25) is 4.79 Å². The molecule has 0 N–H and O–H groups in total. The van der Waals surface area contributed by atoms with E-state index in [0.29, 0.717) is 16.9 Å². The molecule has 4 saturated carbocycles. The van der Waals surface area contributed by atoms with E-state index < -0.39 is 0 Å². The molecule has 8 atom stereocenters. The first-order valence-corrected chi connectivity index (χ1v) is 12.1. The maximum atomic E-state index is 13.4. The summed E-state index contributed by atoms with van der Waals surface area (Å²) in [4.78, 5) is 13.4. The van der Waals surface area contributed by atoms with Gasteiger partial charge in [0.1, 0.15) is 5.82 Å². The molecule has 4 aliphatic rings. The summed E-state index contributed by atoms with van der Waals surface area (Å²) >= 11 is 0. The Morgan fingerprint density at radius 2 is 1.59 bits per heavy atom. The van der Waals surface area contributed by atoms with Gasteiger partial charge in [-0.15, -0.1) is 0 Å². The molecule has 0 radical (unpaired) electrons. The molecule has 1 nitrogen and oxygen atoms in total. The maximum absolute atomic E-state index is 13.4. The van der Waals surface area contributed by atoms with Crippen molar-refractivity contribution in [1.82, 2.24) is 0 Å². The van der Waals surface area contributed by atoms with Crippen molar-refractivity contribution in [1.29, 1.82) is 0 Å². The molecular weight excluding hydrogens is 359 g/mol. The zero-order chi connectivity index (χ0) is 20.4. The quantitative estimate of drug-likeness (QED) is 0.479. The van der Waals surface area contributed by atoms with Gasteiger partial charge in [-0.05, 0) is 116 Å². The third-order valence-corrected chi connectivity index (χ3v) is 10.4. The second kappa shape index (κ2) is 6.92. The van der Waals surface area contributed by atoms with Gasteiger partial charge >= 0.3 is 0 Å². The van der Waals surface area contributed by atoms with E-state index in [1.807, 2.05) is 0 Å². The van der Waals surface area contributed by atoms with Crippen LogP contribution in [-0.4, -0.2) is 5.78 Å². The van der Waals surface area contributed by atoms with Crippen LogP contribution in [0.2, 0.25) is 0 Å². The van der Waals surface area contributed by atoms with Gasteiger partial charge in [0, 0.05) is 11.5 Å². The number of carbonyl (C=O) groups is 1. The highest BCUT2D eigenvalue weighted by molar-refractivity contribution is 5.98. The Hall–Kier alpha value is -1.18. The normalized spacial score (nSPS) is 46.5. The van der Waals surface area contributed by atoms with Crippen LogP contribution in [0, 0.1) is 52.2 Å². The van der Waals surface area contributed by atoms with Gasteiger partial charge in [0.2, 0.25) is 0 Å². The monoisotopic (exact) mass is 396 g/mol. The summed E-state index contributed by atoms with van der Waals surface area (Å²) in [5.41, 5.74) is 1.38. The topological polar surface area (TPSA) is 17.1 Å². The summed E-state index contributed by atoms with van der Waals surface area (Å²) < 4.78 is 13.3. The van der Waals surface area contributed by atoms with Gasteiger partial charge in [-0.2, -0.15) is 0 Å². The van der Waals surface area contributed by atoms with Gasteiger partial charge in [-0.25, -0.2) is 4.39 Å². The van der Waals surface area contributed by atoms with Crippen LogP contribution in [0.1, 0.15) is 88.9 Å². The first-order valence-electron chi connectivity index (χ1n) is 12.1. The molecule has 5 rings (SSSR count). The summed E-state index contributed by atoms with van der Waals surface area (Å²) in [6.45, 7) is 7.50. The first kappa shape index (κ1) is 19.8. The summed E-state index contributed by atoms with van der Waals surface area (Å²) in [6.07, 6.45) is 11.8. The van der Waals surface area contributed by atoms with Gasteiger partial charge in [0.05, 0.1) is 0 Å². The van der Waals surface area contributed by atoms with Crippen molar-refractivity contribution in [3.05, 3.63) is 35.6 Å². The molecule has 0 aromatic heterocycles. The fraction of sp³-hybridized carbons (Fsp3) is 0.741. The van der Waals surface area contributed by atoms with Gasteiger partial charge < -0.3 is 0 Å². The maximum Gasteiger partial charge on any atom is 0.166 e. The minimum atomic E-state index is -0.260. The van der Waals surface area contributed by atoms with Gasteiger partial charge in [-0.1, -0.05) is 27.2 Å². The largest absolute Gasteiger partial charge is 0.294 e. The second-order valence-electron chi connectivity index (χ2n) is 11.6. The van der Waals surface area contributed by atoms with Crippen LogP contribution in [0.4, 0.5) is 4.39 Å². The highest BCUT2D eigenvalue weighted by atomic mass is 19.1. The average Bonchev–Trinajstić information content (AvgIpc) is 3.06. The van der Waals surface area contributed by atoms with Crippen LogP contribution in [0.3, 0.4) is 0 Å². The van der Waals surface area contributed by atoms with Crippen molar-refractivity contribution in [2.45, 2.75) is 78.6 Å². The van der Waals surface area contributed by atoms with Crippen molar-refractivity contribution in [3.63, 3.8) is 0 Å². The highest BCUT2D eigenvalue weighted by Crippen LogP contribution is 2.68. The Labute approximate surface area is 175 Å². The van der Waals surface area contributed by atoms with Crippen molar-refractivity contribution in [2.24, 2.45) is 46.3 Å². The molecule has 0 aliphatic heterocycles. The molecule has 1 aromatic rings. The molecule has 158 valence electrons. The molecule has 2 heteroatoms. The molecule has 0 saturated heterocycles. The molecule has 7 unspecified atom stereocenters. The van der Waals surface area contributed by atoms with Crippen LogP contribution in [-0.2, 0) is 0 Å². The fourth-order valence-electron chi connectivity index (χ4n) is 8.72. The molecule has 1 aromatic carbocycles. The molecular formula is C27H37FO. The SMILES string of the molecule is CC1CCC2(C)C(CCC3C2CCC2(C)C3CC[C@@H]2C(=O)c2ccc(F)cc2)C1. The number of rotatable bonds is 2. The van der Waals surface area contributed by atoms with Crippen LogP contribution in [0.5, 0.6) is 0 Å². The van der Waals surface area contributed by atoms with E-state index >= 15 is 0 Å². The van der Waals surface area contributed by atoms with Crippen LogP contribution in [0.25, 0.3) is 0 Å². The molecule has 0 amide bonds. The zero-order valence-electron chi connectivity index (χ0n) is 18.4. The van der Waals surface area contributed by atoms with E-state index in [2.05, 4.69) is 20.8 Å². The molecule has 0 bridgehead atoms. The number of benzene rings is 1. The van der Waals surface area contributed by atoms with E-state index in [0.717, 1.165) is 30.1 Å². The standard InChI is InChI=1S/C27H37FO/c1-17-12-14-26(2)19(16-17)6-9-21-22-10-11-24(27(22,3)15-13-23(21)26)25(29)18-4-7-20(28)8-5-18/h4-5,7-8,17,19,21-24H,6,9-16H2,1-3H3/t17?,19?,21?,22?,23?,24-,26?,27?/m1/s1. The van der Waals surface area contributed by atoms with Gasteiger partial charge in [0.25, 0.3) is 0 Å². The van der Waals surface area contributed by atoms with Crippen molar-refractivity contribution in [2.75, 3.05) is 0 Å². The number of hydrogen-bond acceptors (Lipinski definition) is 1. The Morgan fingerprint density at radius 3 is 2.34 bits per heavy atom. The molecule has 4 aliphatic carbocycles. The van der Waals surface area contributed by atoms with Gasteiger partial charge in [0.15, 0.2) is 5.78 Å². The summed E-state index contributed by atoms with van der Waals surface area (Å²) in [5.74, 6) is 4.34. The van der Waals surface area contributed by atoms with E-state index in [9.17, 15) is 9.18 Å². The second-order valence-corrected chi connectivity index (χ2v) is 11.6. The third-order valence-electron chi connectivity index (χ3n) is 10.4. The lowest BCUT2D eigenvalue weighted by Gasteiger charge is -2.61. The number of halogens is 1. The lowest BCUT2D eigenvalue weighted by Crippen LogP contribution is -2.53. The van der Waals surface area contributed by atoms with E-state index in [1.165, 1.54) is 63.5 Å². The molecule has 29 heavy (non-hydrogen) atoms. The minimum absolute atomic E-state index is 0.121. The number of fused-ring (bicyclic) bond motifs is 5. The summed E-state index contributed by atoms with van der Waals surface area (Å²) in [5, 5.41) is 0. The third kappa shape index (κ3) is 2.95. The molecule has 4 fully saturated rings. The average molecular weight is 397 g/mol. The molecule has 0 spiro atoms. The van der Waals surface area contributed by atoms with Crippen LogP contribution >= 0.6 is 0 Å². The molecule has 0 heterocycles. The van der Waals surface area contributed by atoms with Crippen LogP contribution in [0.15, 0.2) is 24.3 Å². The van der Waals surface area contributed by atoms with Crippen molar-refractivity contribution >= 4 is 5.78 Å². The Kier molecular flexibility index (Phi) is 4.72. The van der Waals surface area contributed by atoms with E-state index in [-0.39, 0.29) is 22.9 Å². The fourth-order valence-corrected chi connectivity index (χ4v) is 8.72. The Balaban J connectivity index is 1.40. The highest BCUT2D eigenvalue weighted by Gasteiger charge is 2.61. The van der Waals surface area contributed by atoms with Crippen molar-refractivity contribution < 1.29 is 9.18 Å². The van der Waals surface area contributed by atoms with E-state index in [4.69, 9.17) is 0 Å². The lowest BCUT2D eigenvalue weighted by atomic mass is 9.44. The Bertz CT molecular complexity index is 784. The number of carbonyl (C=O) groups excluding carboxylic acids is 1. The minimum Gasteiger partial charge on any atom is -0.294 e. The first-order chi connectivity index (χ1) is 13.8. The van der Waals surface area contributed by atoms with Crippen LogP contribution < -0.4 is 0 Å². The zero-order valence-corrected chi connectivity index (χ0v) is 18.4. The smallest absolute Gasteiger partial charge is 0.166 e. The summed E-state index contributed by atoms with van der Waals surface area (Å²) in [6, 6.07) is 6.25. The predicted molar refractivity (Wildman–Crippen MR) is 115 cm³/mol. The van der Waals surface area contributed by atoms with E-state index in [1.54, 1.807) is 12.1 Å². The number of ketones is 1. The summed E-state index contributed by atoms with van der Waals surface area (Å²) in [7, 11) is 0. The number of Topliss-reactive ketones (excluding diaryl/α,β-unsaturated/α-hetero) is 1. The Morgan fingerprint density at radius 1 is 0.897 bits per heavy atom. The number of hydrogen-bond donors (Lipinski definition) is 0. The van der Waals surface area contributed by atoms with Crippen molar-refractivity contribution in [3.8, 4) is 0 Å².